The van der Waals surface area contributed by atoms with Crippen LogP contribution in [0.2, 0.25) is 0 Å². The van der Waals surface area contributed by atoms with Gasteiger partial charge in [-0.05, 0) is 48.9 Å². The number of hydrogen-bond donors (Lipinski definition) is 1. The number of hydrogen-bond acceptors (Lipinski definition) is 3. The first kappa shape index (κ1) is 15.1. The van der Waals surface area contributed by atoms with E-state index in [0.29, 0.717) is 5.52 Å². The Morgan fingerprint density at radius 2 is 1.96 bits per heavy atom. The van der Waals surface area contributed by atoms with Crippen LogP contribution in [0.4, 0.5) is 0 Å². The van der Waals surface area contributed by atoms with Crippen molar-refractivity contribution in [2.45, 2.75) is 19.8 Å². The standard InChI is InChI=1S/C18H18N2O3/c1-3-4-17-19-15-11-12(18(21)22)5-10-16(15)20(17)13-6-8-14(23-2)9-7-13/h5-11H,3-4H2,1-2H3,(H,21,22). The predicted molar refractivity (Wildman–Crippen MR) is 88.6 cm³/mol. The number of aryl methyl sites for hydroxylation is 1. The molecule has 118 valence electrons. The van der Waals surface area contributed by atoms with Gasteiger partial charge in [-0.2, -0.15) is 0 Å². The summed E-state index contributed by atoms with van der Waals surface area (Å²) in [6.45, 7) is 2.10. The van der Waals surface area contributed by atoms with Crippen LogP contribution in [0.3, 0.4) is 0 Å². The highest BCUT2D eigenvalue weighted by Gasteiger charge is 2.14. The van der Waals surface area contributed by atoms with Crippen LogP contribution in [-0.2, 0) is 6.42 Å². The summed E-state index contributed by atoms with van der Waals surface area (Å²) in [7, 11) is 1.64. The number of carbonyl (C=O) groups is 1. The van der Waals surface area contributed by atoms with Gasteiger partial charge in [0.2, 0.25) is 0 Å². The molecule has 2 aromatic carbocycles. The first-order valence-corrected chi connectivity index (χ1v) is 7.53. The molecule has 0 aliphatic rings. The lowest BCUT2D eigenvalue weighted by atomic mass is 10.2. The van der Waals surface area contributed by atoms with Crippen molar-refractivity contribution in [1.29, 1.82) is 0 Å². The van der Waals surface area contributed by atoms with Crippen molar-refractivity contribution in [1.82, 2.24) is 9.55 Å². The van der Waals surface area contributed by atoms with Crippen LogP contribution in [0.1, 0.15) is 29.5 Å². The zero-order chi connectivity index (χ0) is 16.4. The summed E-state index contributed by atoms with van der Waals surface area (Å²) in [6, 6.07) is 12.8. The van der Waals surface area contributed by atoms with E-state index >= 15 is 0 Å². The monoisotopic (exact) mass is 310 g/mol. The van der Waals surface area contributed by atoms with Crippen molar-refractivity contribution in [3.8, 4) is 11.4 Å². The minimum atomic E-state index is -0.942. The van der Waals surface area contributed by atoms with Gasteiger partial charge in [-0.3, -0.25) is 4.57 Å². The van der Waals surface area contributed by atoms with Crippen molar-refractivity contribution in [3.63, 3.8) is 0 Å². The minimum absolute atomic E-state index is 0.250. The van der Waals surface area contributed by atoms with E-state index in [-0.39, 0.29) is 5.56 Å². The number of fused-ring (bicyclic) bond motifs is 1. The van der Waals surface area contributed by atoms with E-state index in [9.17, 15) is 4.79 Å². The molecule has 0 unspecified atom stereocenters. The van der Waals surface area contributed by atoms with Gasteiger partial charge in [-0.25, -0.2) is 9.78 Å². The molecule has 0 amide bonds. The van der Waals surface area contributed by atoms with Gasteiger partial charge in [0.25, 0.3) is 0 Å². The Kier molecular flexibility index (Phi) is 4.02. The van der Waals surface area contributed by atoms with Gasteiger partial charge in [-0.1, -0.05) is 6.92 Å². The quantitative estimate of drug-likeness (QED) is 0.780. The summed E-state index contributed by atoms with van der Waals surface area (Å²) >= 11 is 0. The van der Waals surface area contributed by atoms with Gasteiger partial charge >= 0.3 is 5.97 Å². The number of aromatic nitrogens is 2. The molecular weight excluding hydrogens is 292 g/mol. The number of ether oxygens (including phenoxy) is 1. The molecule has 0 saturated heterocycles. The average molecular weight is 310 g/mol. The number of benzene rings is 2. The highest BCUT2D eigenvalue weighted by atomic mass is 16.5. The van der Waals surface area contributed by atoms with Crippen LogP contribution in [0.5, 0.6) is 5.75 Å². The maximum atomic E-state index is 11.2. The highest BCUT2D eigenvalue weighted by Crippen LogP contribution is 2.25. The van der Waals surface area contributed by atoms with E-state index < -0.39 is 5.97 Å². The first-order chi connectivity index (χ1) is 11.1. The van der Waals surface area contributed by atoms with Crippen molar-refractivity contribution >= 4 is 17.0 Å². The number of carboxylic acid groups (broad SMARTS) is 1. The number of imidazole rings is 1. The Morgan fingerprint density at radius 1 is 1.22 bits per heavy atom. The second-order valence-corrected chi connectivity index (χ2v) is 5.32. The van der Waals surface area contributed by atoms with Gasteiger partial charge in [0.1, 0.15) is 11.6 Å². The third-order valence-electron chi connectivity index (χ3n) is 3.78. The molecular formula is C18H18N2O3. The van der Waals surface area contributed by atoms with E-state index in [4.69, 9.17) is 9.84 Å². The summed E-state index contributed by atoms with van der Waals surface area (Å²) in [6.07, 6.45) is 1.79. The maximum absolute atomic E-state index is 11.2. The third kappa shape index (κ3) is 2.77. The fourth-order valence-corrected chi connectivity index (χ4v) is 2.67. The van der Waals surface area contributed by atoms with E-state index in [2.05, 4.69) is 16.5 Å². The maximum Gasteiger partial charge on any atom is 0.335 e. The van der Waals surface area contributed by atoms with Crippen LogP contribution in [0, 0.1) is 0 Å². The lowest BCUT2D eigenvalue weighted by molar-refractivity contribution is 0.0697. The van der Waals surface area contributed by atoms with E-state index in [1.165, 1.54) is 0 Å². The zero-order valence-corrected chi connectivity index (χ0v) is 13.1. The molecule has 1 N–H and O–H groups in total. The molecule has 3 rings (SSSR count). The second-order valence-electron chi connectivity index (χ2n) is 5.32. The third-order valence-corrected chi connectivity index (χ3v) is 3.78. The lowest BCUT2D eigenvalue weighted by Crippen LogP contribution is -2.01. The minimum Gasteiger partial charge on any atom is -0.497 e. The molecule has 0 bridgehead atoms. The topological polar surface area (TPSA) is 64.3 Å². The van der Waals surface area contributed by atoms with Crippen LogP contribution >= 0.6 is 0 Å². The molecule has 0 atom stereocenters. The summed E-state index contributed by atoms with van der Waals surface area (Å²) in [5.74, 6) is 0.779. The highest BCUT2D eigenvalue weighted by molar-refractivity contribution is 5.92. The van der Waals surface area contributed by atoms with Crippen molar-refractivity contribution in [2.75, 3.05) is 7.11 Å². The van der Waals surface area contributed by atoms with Crippen LogP contribution in [-0.4, -0.2) is 27.7 Å². The summed E-state index contributed by atoms with van der Waals surface area (Å²) in [5, 5.41) is 9.15. The number of aromatic carboxylic acids is 1. The molecule has 3 aromatic rings. The fraction of sp³-hybridized carbons (Fsp3) is 0.222. The Morgan fingerprint density at radius 3 is 2.57 bits per heavy atom. The molecule has 0 spiro atoms. The zero-order valence-electron chi connectivity index (χ0n) is 13.1. The molecule has 5 heteroatoms. The van der Waals surface area contributed by atoms with Crippen molar-refractivity contribution in [3.05, 3.63) is 53.9 Å². The van der Waals surface area contributed by atoms with Crippen LogP contribution < -0.4 is 4.74 Å². The van der Waals surface area contributed by atoms with E-state index in [1.54, 1.807) is 19.2 Å². The number of nitrogens with zero attached hydrogens (tertiary/aromatic N) is 2. The fourth-order valence-electron chi connectivity index (χ4n) is 2.67. The normalized spacial score (nSPS) is 10.9. The Balaban J connectivity index is 2.19. The smallest absolute Gasteiger partial charge is 0.335 e. The Hall–Kier alpha value is -2.82. The summed E-state index contributed by atoms with van der Waals surface area (Å²) < 4.78 is 7.28. The van der Waals surface area contributed by atoms with Gasteiger partial charge in [0.15, 0.2) is 0 Å². The average Bonchev–Trinajstić information content (AvgIpc) is 2.92. The molecule has 0 radical (unpaired) electrons. The van der Waals surface area contributed by atoms with Gasteiger partial charge in [0.05, 0.1) is 23.7 Å². The van der Waals surface area contributed by atoms with Crippen molar-refractivity contribution < 1.29 is 14.6 Å². The Bertz CT molecular complexity index is 851. The van der Waals surface area contributed by atoms with Gasteiger partial charge in [0, 0.05) is 12.1 Å². The lowest BCUT2D eigenvalue weighted by Gasteiger charge is -2.09. The Labute approximate surface area is 134 Å². The molecule has 23 heavy (non-hydrogen) atoms. The van der Waals surface area contributed by atoms with E-state index in [1.807, 2.05) is 30.3 Å². The molecule has 1 heterocycles. The number of rotatable bonds is 5. The molecule has 0 aliphatic heterocycles. The molecule has 0 fully saturated rings. The van der Waals surface area contributed by atoms with Gasteiger partial charge in [-0.15, -0.1) is 0 Å². The molecule has 0 saturated carbocycles. The predicted octanol–water partition coefficient (Wildman–Crippen LogP) is 3.68. The first-order valence-electron chi connectivity index (χ1n) is 7.53. The second kappa shape index (κ2) is 6.12. The molecule has 5 nitrogen and oxygen atoms in total. The SMILES string of the molecule is CCCc1nc2cc(C(=O)O)ccc2n1-c1ccc(OC)cc1. The van der Waals surface area contributed by atoms with E-state index in [0.717, 1.165) is 35.6 Å². The molecule has 0 aliphatic carbocycles. The van der Waals surface area contributed by atoms with Gasteiger partial charge < -0.3 is 9.84 Å². The largest absolute Gasteiger partial charge is 0.497 e. The summed E-state index contributed by atoms with van der Waals surface area (Å²) in [4.78, 5) is 15.8. The van der Waals surface area contributed by atoms with Crippen LogP contribution in [0.15, 0.2) is 42.5 Å². The number of methoxy groups -OCH3 is 1. The van der Waals surface area contributed by atoms with Crippen molar-refractivity contribution in [2.24, 2.45) is 0 Å². The molecule has 1 aromatic heterocycles. The summed E-state index contributed by atoms with van der Waals surface area (Å²) in [5.41, 5.74) is 2.84. The number of carboxylic acids is 1. The van der Waals surface area contributed by atoms with Crippen LogP contribution in [0.25, 0.3) is 16.7 Å².